The second-order valence-electron chi connectivity index (χ2n) is 6.70. The summed E-state index contributed by atoms with van der Waals surface area (Å²) in [6, 6.07) is 7.91. The molecule has 1 aromatic heterocycles. The summed E-state index contributed by atoms with van der Waals surface area (Å²) in [6.07, 6.45) is 6.89. The monoisotopic (exact) mass is 298 g/mol. The van der Waals surface area contributed by atoms with Gasteiger partial charge in [0.25, 0.3) is 5.91 Å². The summed E-state index contributed by atoms with van der Waals surface area (Å²) < 4.78 is 5.59. The minimum Gasteiger partial charge on any atom is -0.381 e. The lowest BCUT2D eigenvalue weighted by molar-refractivity contribution is -0.116. The summed E-state index contributed by atoms with van der Waals surface area (Å²) in [4.78, 5) is 17.9. The average Bonchev–Trinajstić information content (AvgIpc) is 3.01. The third-order valence-electron chi connectivity index (χ3n) is 5.72. The number of rotatable bonds is 2. The Morgan fingerprint density at radius 3 is 2.77 bits per heavy atom. The number of benzene rings is 1. The Labute approximate surface area is 130 Å². The molecule has 1 saturated carbocycles. The van der Waals surface area contributed by atoms with Crippen molar-refractivity contribution in [3.8, 4) is 0 Å². The van der Waals surface area contributed by atoms with Gasteiger partial charge in [-0.3, -0.25) is 4.79 Å². The number of piperidine rings is 1. The van der Waals surface area contributed by atoms with Crippen LogP contribution in [0.5, 0.6) is 0 Å². The second-order valence-corrected chi connectivity index (χ2v) is 6.70. The summed E-state index contributed by atoms with van der Waals surface area (Å²) in [5.74, 6) is 0.159. The van der Waals surface area contributed by atoms with Gasteiger partial charge >= 0.3 is 0 Å². The molecule has 0 bridgehead atoms. The number of ether oxygens (including phenoxy) is 1. The minimum atomic E-state index is 0.159. The number of likely N-dealkylation sites (tertiary alicyclic amines) is 1. The van der Waals surface area contributed by atoms with E-state index in [-0.39, 0.29) is 5.91 Å². The van der Waals surface area contributed by atoms with E-state index in [0.29, 0.717) is 11.5 Å². The lowest BCUT2D eigenvalue weighted by Gasteiger charge is -2.53. The van der Waals surface area contributed by atoms with E-state index in [4.69, 9.17) is 4.74 Å². The number of carbonyl (C=O) groups excluding carboxylic acids is 1. The van der Waals surface area contributed by atoms with Gasteiger partial charge in [-0.05, 0) is 49.9 Å². The number of nitrogens with zero attached hydrogens (tertiary/aromatic N) is 1. The zero-order valence-corrected chi connectivity index (χ0v) is 13.0. The predicted octanol–water partition coefficient (Wildman–Crippen LogP) is 3.20. The van der Waals surface area contributed by atoms with Crippen LogP contribution in [0, 0.1) is 5.41 Å². The highest BCUT2D eigenvalue weighted by Gasteiger charge is 2.48. The van der Waals surface area contributed by atoms with Gasteiger partial charge in [-0.2, -0.15) is 0 Å². The predicted molar refractivity (Wildman–Crippen MR) is 85.9 cm³/mol. The van der Waals surface area contributed by atoms with E-state index in [1.165, 1.54) is 12.8 Å². The van der Waals surface area contributed by atoms with Gasteiger partial charge in [-0.15, -0.1) is 0 Å². The first-order chi connectivity index (χ1) is 10.7. The number of hydrogen-bond acceptors (Lipinski definition) is 2. The smallest absolute Gasteiger partial charge is 0.253 e. The molecule has 1 amide bonds. The molecular formula is C18H22N2O2. The van der Waals surface area contributed by atoms with E-state index in [9.17, 15) is 4.79 Å². The van der Waals surface area contributed by atoms with Crippen molar-refractivity contribution in [3.63, 3.8) is 0 Å². The average molecular weight is 298 g/mol. The molecule has 2 aliphatic rings. The Balaban J connectivity index is 1.47. The quantitative estimate of drug-likeness (QED) is 0.925. The zero-order valence-electron chi connectivity index (χ0n) is 13.0. The van der Waals surface area contributed by atoms with Crippen LogP contribution >= 0.6 is 0 Å². The van der Waals surface area contributed by atoms with E-state index in [1.54, 1.807) is 0 Å². The Morgan fingerprint density at radius 1 is 1.27 bits per heavy atom. The maximum absolute atomic E-state index is 12.7. The number of hydrogen-bond donors (Lipinski definition) is 1. The molecule has 22 heavy (non-hydrogen) atoms. The molecule has 1 N–H and O–H groups in total. The summed E-state index contributed by atoms with van der Waals surface area (Å²) >= 11 is 0. The van der Waals surface area contributed by atoms with Gasteiger partial charge in [0, 0.05) is 48.3 Å². The summed E-state index contributed by atoms with van der Waals surface area (Å²) in [5, 5.41) is 1.10. The van der Waals surface area contributed by atoms with Crippen molar-refractivity contribution < 1.29 is 9.53 Å². The van der Waals surface area contributed by atoms with Crippen molar-refractivity contribution >= 4 is 16.8 Å². The van der Waals surface area contributed by atoms with Crippen LogP contribution in [-0.4, -0.2) is 42.1 Å². The molecule has 1 aliphatic heterocycles. The molecule has 4 heteroatoms. The zero-order chi connectivity index (χ0) is 15.2. The van der Waals surface area contributed by atoms with Gasteiger partial charge in [-0.25, -0.2) is 0 Å². The lowest BCUT2D eigenvalue weighted by Crippen LogP contribution is -2.53. The van der Waals surface area contributed by atoms with E-state index in [2.05, 4.69) is 4.98 Å². The van der Waals surface area contributed by atoms with Crippen LogP contribution in [0.1, 0.15) is 36.0 Å². The van der Waals surface area contributed by atoms with Crippen LogP contribution in [0.2, 0.25) is 0 Å². The number of nitrogens with one attached hydrogen (secondary N) is 1. The number of fused-ring (bicyclic) bond motifs is 1. The Bertz CT molecular complexity index is 696. The molecule has 1 unspecified atom stereocenters. The van der Waals surface area contributed by atoms with Crippen LogP contribution in [0.25, 0.3) is 10.9 Å². The van der Waals surface area contributed by atoms with Crippen LogP contribution in [0.3, 0.4) is 0 Å². The Kier molecular flexibility index (Phi) is 3.22. The fraction of sp³-hybridized carbons (Fsp3) is 0.500. The van der Waals surface area contributed by atoms with Gasteiger partial charge in [0.15, 0.2) is 0 Å². The second kappa shape index (κ2) is 5.13. The largest absolute Gasteiger partial charge is 0.381 e. The van der Waals surface area contributed by atoms with Crippen molar-refractivity contribution in [1.82, 2.24) is 9.88 Å². The number of aromatic nitrogens is 1. The molecule has 116 valence electrons. The first-order valence-electron chi connectivity index (χ1n) is 8.11. The molecule has 0 radical (unpaired) electrons. The number of methoxy groups -OCH3 is 1. The summed E-state index contributed by atoms with van der Waals surface area (Å²) in [6.45, 7) is 1.70. The van der Waals surface area contributed by atoms with E-state index < -0.39 is 0 Å². The van der Waals surface area contributed by atoms with Crippen molar-refractivity contribution in [1.29, 1.82) is 0 Å². The normalized spacial score (nSPS) is 23.7. The van der Waals surface area contributed by atoms with E-state index in [1.807, 2.05) is 42.5 Å². The van der Waals surface area contributed by atoms with Crippen molar-refractivity contribution in [2.75, 3.05) is 20.2 Å². The van der Waals surface area contributed by atoms with Gasteiger partial charge in [0.05, 0.1) is 6.10 Å². The molecule has 4 rings (SSSR count). The maximum atomic E-state index is 12.7. The molecule has 1 saturated heterocycles. The lowest BCUT2D eigenvalue weighted by atomic mass is 9.60. The molecular weight excluding hydrogens is 276 g/mol. The van der Waals surface area contributed by atoms with Gasteiger partial charge < -0.3 is 14.6 Å². The molecule has 1 aromatic carbocycles. The number of carbonyl (C=O) groups is 1. The Morgan fingerprint density at radius 2 is 2.09 bits per heavy atom. The van der Waals surface area contributed by atoms with Gasteiger partial charge in [0.1, 0.15) is 0 Å². The minimum absolute atomic E-state index is 0.159. The summed E-state index contributed by atoms with van der Waals surface area (Å²) in [5.41, 5.74) is 2.21. The van der Waals surface area contributed by atoms with E-state index in [0.717, 1.165) is 42.4 Å². The third kappa shape index (κ3) is 2.05. The first-order valence-corrected chi connectivity index (χ1v) is 8.11. The number of H-pyrrole nitrogens is 1. The first kappa shape index (κ1) is 13.8. The molecule has 2 heterocycles. The van der Waals surface area contributed by atoms with E-state index >= 15 is 0 Å². The van der Waals surface area contributed by atoms with Crippen molar-refractivity contribution in [3.05, 3.63) is 36.0 Å². The van der Waals surface area contributed by atoms with Crippen molar-refractivity contribution in [2.45, 2.75) is 31.8 Å². The highest BCUT2D eigenvalue weighted by Crippen LogP contribution is 2.50. The van der Waals surface area contributed by atoms with Crippen LogP contribution in [-0.2, 0) is 4.74 Å². The molecule has 1 atom stereocenters. The topological polar surface area (TPSA) is 45.3 Å². The summed E-state index contributed by atoms with van der Waals surface area (Å²) in [7, 11) is 1.81. The van der Waals surface area contributed by atoms with Crippen molar-refractivity contribution in [2.24, 2.45) is 5.41 Å². The maximum Gasteiger partial charge on any atom is 0.253 e. The van der Waals surface area contributed by atoms with Crippen LogP contribution in [0.15, 0.2) is 30.5 Å². The van der Waals surface area contributed by atoms with Crippen LogP contribution < -0.4 is 0 Å². The van der Waals surface area contributed by atoms with Gasteiger partial charge in [0.2, 0.25) is 0 Å². The SMILES string of the molecule is COC1CCC12CCN(C(=O)c1ccc3[nH]ccc3c1)CC2. The molecule has 1 spiro atoms. The number of amides is 1. The van der Waals surface area contributed by atoms with Gasteiger partial charge in [-0.1, -0.05) is 0 Å². The number of aromatic amines is 1. The Hall–Kier alpha value is -1.81. The highest BCUT2D eigenvalue weighted by molar-refractivity contribution is 5.98. The highest BCUT2D eigenvalue weighted by atomic mass is 16.5. The molecule has 1 aliphatic carbocycles. The fourth-order valence-corrected chi connectivity index (χ4v) is 4.13. The fourth-order valence-electron chi connectivity index (χ4n) is 4.13. The molecule has 4 nitrogen and oxygen atoms in total. The standard InChI is InChI=1S/C18H22N2O2/c1-22-16-4-6-18(16)7-10-20(11-8-18)17(21)14-2-3-15-13(12-14)5-9-19-15/h2-3,5,9,12,16,19H,4,6-8,10-11H2,1H3. The molecule has 2 fully saturated rings. The third-order valence-corrected chi connectivity index (χ3v) is 5.72. The van der Waals surface area contributed by atoms with Crippen LogP contribution in [0.4, 0.5) is 0 Å². The molecule has 2 aromatic rings.